The first kappa shape index (κ1) is 22.2. The highest BCUT2D eigenvalue weighted by molar-refractivity contribution is 5.79. The first-order valence-corrected chi connectivity index (χ1v) is 11.1. The first-order chi connectivity index (χ1) is 14.6. The second-order valence-corrected chi connectivity index (χ2v) is 8.16. The summed E-state index contributed by atoms with van der Waals surface area (Å²) < 4.78 is 5.40. The molecule has 2 heterocycles. The second-order valence-electron chi connectivity index (χ2n) is 8.16. The van der Waals surface area contributed by atoms with Crippen LogP contribution in [0.3, 0.4) is 0 Å². The van der Waals surface area contributed by atoms with Gasteiger partial charge in [-0.3, -0.25) is 4.90 Å². The van der Waals surface area contributed by atoms with Crippen LogP contribution in [0.15, 0.2) is 45.9 Å². The Hall–Kier alpha value is -2.54. The van der Waals surface area contributed by atoms with Gasteiger partial charge in [0.15, 0.2) is 11.7 Å². The molecule has 164 valence electrons. The monoisotopic (exact) mass is 412 g/mol. The zero-order chi connectivity index (χ0) is 21.3. The Morgan fingerprint density at radius 1 is 1.10 bits per heavy atom. The lowest BCUT2D eigenvalue weighted by atomic mass is 10.1. The Morgan fingerprint density at radius 3 is 2.47 bits per heavy atom. The summed E-state index contributed by atoms with van der Waals surface area (Å²) in [5, 5.41) is 10.9. The minimum absolute atomic E-state index is 0.362. The maximum absolute atomic E-state index is 5.40. The quantitative estimate of drug-likeness (QED) is 0.513. The van der Waals surface area contributed by atoms with E-state index >= 15 is 0 Å². The van der Waals surface area contributed by atoms with Gasteiger partial charge in [-0.25, -0.2) is 4.99 Å². The number of hydrogen-bond acceptors (Lipinski definition) is 5. The number of nitrogens with zero attached hydrogens (tertiary/aromatic N) is 4. The molecule has 7 heteroatoms. The number of piperazine rings is 1. The summed E-state index contributed by atoms with van der Waals surface area (Å²) in [5.41, 5.74) is 2.29. The van der Waals surface area contributed by atoms with Crippen molar-refractivity contribution in [1.82, 2.24) is 20.7 Å². The molecule has 0 amide bonds. The third kappa shape index (κ3) is 6.23. The maximum atomic E-state index is 5.40. The van der Waals surface area contributed by atoms with Gasteiger partial charge in [-0.05, 0) is 31.9 Å². The molecule has 2 N–H and O–H groups in total. The molecule has 0 bridgehead atoms. The molecule has 1 aromatic carbocycles. The van der Waals surface area contributed by atoms with Gasteiger partial charge in [-0.1, -0.05) is 37.2 Å². The fourth-order valence-corrected chi connectivity index (χ4v) is 3.61. The third-order valence-electron chi connectivity index (χ3n) is 5.53. The van der Waals surface area contributed by atoms with E-state index in [9.17, 15) is 0 Å². The van der Waals surface area contributed by atoms with Crippen LogP contribution in [-0.2, 0) is 6.54 Å². The molecule has 1 fully saturated rings. The van der Waals surface area contributed by atoms with Crippen LogP contribution < -0.4 is 15.5 Å². The molecule has 1 aromatic heterocycles. The fourth-order valence-electron chi connectivity index (χ4n) is 3.61. The van der Waals surface area contributed by atoms with Crippen LogP contribution >= 0.6 is 0 Å². The van der Waals surface area contributed by atoms with E-state index in [2.05, 4.69) is 88.6 Å². The Kier molecular flexibility index (Phi) is 8.13. The number of nitrogens with one attached hydrogen (secondary N) is 2. The molecule has 0 radical (unpaired) electrons. The van der Waals surface area contributed by atoms with E-state index in [4.69, 9.17) is 4.52 Å². The highest BCUT2D eigenvalue weighted by Crippen LogP contribution is 2.17. The number of aliphatic imine (C=N–C) groups is 1. The molecule has 2 aromatic rings. The second kappa shape index (κ2) is 11.0. The normalized spacial score (nSPS) is 16.7. The van der Waals surface area contributed by atoms with E-state index in [1.807, 2.05) is 6.07 Å². The molecule has 7 nitrogen and oxygen atoms in total. The van der Waals surface area contributed by atoms with E-state index in [0.29, 0.717) is 18.5 Å². The fraction of sp³-hybridized carbons (Fsp3) is 0.565. The van der Waals surface area contributed by atoms with Gasteiger partial charge >= 0.3 is 0 Å². The van der Waals surface area contributed by atoms with E-state index in [1.54, 1.807) is 0 Å². The minimum Gasteiger partial charge on any atom is -0.369 e. The van der Waals surface area contributed by atoms with Gasteiger partial charge in [0, 0.05) is 57.1 Å². The summed E-state index contributed by atoms with van der Waals surface area (Å²) in [6.45, 7) is 15.0. The highest BCUT2D eigenvalue weighted by atomic mass is 16.5. The van der Waals surface area contributed by atoms with Crippen LogP contribution in [-0.4, -0.2) is 61.3 Å². The molecular weight excluding hydrogens is 376 g/mol. The van der Waals surface area contributed by atoms with Crippen molar-refractivity contribution < 1.29 is 4.52 Å². The van der Waals surface area contributed by atoms with Crippen molar-refractivity contribution in [1.29, 1.82) is 0 Å². The third-order valence-corrected chi connectivity index (χ3v) is 5.53. The first-order valence-electron chi connectivity index (χ1n) is 11.1. The van der Waals surface area contributed by atoms with Crippen LogP contribution in [0.5, 0.6) is 0 Å². The molecule has 0 saturated carbocycles. The number of para-hydroxylation sites is 1. The zero-order valence-corrected chi connectivity index (χ0v) is 18.8. The summed E-state index contributed by atoms with van der Waals surface area (Å²) in [4.78, 5) is 9.67. The van der Waals surface area contributed by atoms with E-state index in [1.165, 1.54) is 5.69 Å². The number of anilines is 1. The molecule has 1 saturated heterocycles. The van der Waals surface area contributed by atoms with Crippen molar-refractivity contribution in [2.45, 2.75) is 46.2 Å². The lowest BCUT2D eigenvalue weighted by molar-refractivity contribution is 0.197. The highest BCUT2D eigenvalue weighted by Gasteiger charge is 2.21. The van der Waals surface area contributed by atoms with Crippen LogP contribution in [0, 0.1) is 0 Å². The van der Waals surface area contributed by atoms with Crippen molar-refractivity contribution in [2.75, 3.05) is 44.2 Å². The molecule has 1 aliphatic rings. The summed E-state index contributed by atoms with van der Waals surface area (Å²) >= 11 is 0. The Balaban J connectivity index is 1.47. The van der Waals surface area contributed by atoms with Crippen LogP contribution in [0.4, 0.5) is 5.69 Å². The molecule has 1 unspecified atom stereocenters. The largest absolute Gasteiger partial charge is 0.369 e. The average molecular weight is 413 g/mol. The SMILES string of the molecule is CCNC(=NCc1cc(C(C)C)no1)NCC(C)N1CCN(c2ccccc2)CC1. The van der Waals surface area contributed by atoms with Gasteiger partial charge in [0.25, 0.3) is 0 Å². The van der Waals surface area contributed by atoms with E-state index in [-0.39, 0.29) is 0 Å². The smallest absolute Gasteiger partial charge is 0.191 e. The molecule has 0 aliphatic carbocycles. The lowest BCUT2D eigenvalue weighted by Gasteiger charge is -2.39. The van der Waals surface area contributed by atoms with Crippen LogP contribution in [0.25, 0.3) is 0 Å². The maximum Gasteiger partial charge on any atom is 0.191 e. The number of benzene rings is 1. The van der Waals surface area contributed by atoms with Crippen molar-refractivity contribution in [3.8, 4) is 0 Å². The minimum atomic E-state index is 0.362. The van der Waals surface area contributed by atoms with Gasteiger partial charge in [0.1, 0.15) is 6.54 Å². The number of hydrogen-bond donors (Lipinski definition) is 2. The molecule has 0 spiro atoms. The summed E-state index contributed by atoms with van der Waals surface area (Å²) in [6.07, 6.45) is 0. The van der Waals surface area contributed by atoms with Crippen LogP contribution in [0.1, 0.15) is 45.1 Å². The summed E-state index contributed by atoms with van der Waals surface area (Å²) in [6, 6.07) is 13.1. The lowest BCUT2D eigenvalue weighted by Crippen LogP contribution is -2.53. The van der Waals surface area contributed by atoms with Gasteiger partial charge < -0.3 is 20.1 Å². The Bertz CT molecular complexity index is 780. The van der Waals surface area contributed by atoms with Gasteiger partial charge in [0.05, 0.1) is 5.69 Å². The van der Waals surface area contributed by atoms with Crippen molar-refractivity contribution >= 4 is 11.6 Å². The van der Waals surface area contributed by atoms with Gasteiger partial charge in [-0.2, -0.15) is 0 Å². The summed E-state index contributed by atoms with van der Waals surface area (Å²) in [5.74, 6) is 1.97. The predicted molar refractivity (Wildman–Crippen MR) is 123 cm³/mol. The molecule has 3 rings (SSSR count). The van der Waals surface area contributed by atoms with Crippen LogP contribution in [0.2, 0.25) is 0 Å². The number of guanidine groups is 1. The van der Waals surface area contributed by atoms with Crippen molar-refractivity contribution in [3.63, 3.8) is 0 Å². The molecule has 1 atom stereocenters. The zero-order valence-electron chi connectivity index (χ0n) is 18.8. The predicted octanol–water partition coefficient (Wildman–Crippen LogP) is 3.06. The van der Waals surface area contributed by atoms with E-state index < -0.39 is 0 Å². The molecule has 1 aliphatic heterocycles. The molecular formula is C23H36N6O. The number of aromatic nitrogens is 1. The summed E-state index contributed by atoms with van der Waals surface area (Å²) in [7, 11) is 0. The van der Waals surface area contributed by atoms with Crippen molar-refractivity contribution in [2.24, 2.45) is 4.99 Å². The average Bonchev–Trinajstić information content (AvgIpc) is 3.26. The Morgan fingerprint density at radius 2 is 1.83 bits per heavy atom. The Labute approximate surface area is 180 Å². The van der Waals surface area contributed by atoms with Crippen molar-refractivity contribution in [3.05, 3.63) is 47.9 Å². The topological polar surface area (TPSA) is 68.9 Å². The number of rotatable bonds is 8. The standard InChI is InChI=1S/C23H36N6O/c1-5-24-23(26-17-21-15-22(18(2)3)27-30-21)25-16-19(4)28-11-13-29(14-12-28)20-9-7-6-8-10-20/h6-10,15,18-19H,5,11-14,16-17H2,1-4H3,(H2,24,25,26). The van der Waals surface area contributed by atoms with Gasteiger partial charge in [-0.15, -0.1) is 0 Å². The van der Waals surface area contributed by atoms with Gasteiger partial charge in [0.2, 0.25) is 0 Å². The molecule has 30 heavy (non-hydrogen) atoms. The van der Waals surface area contributed by atoms with E-state index in [0.717, 1.165) is 56.7 Å².